The molecule has 20 heavy (non-hydrogen) atoms. The standard InChI is InChI=1S/C16H14FNO2/c17-13-6-3-5-12(10-13)15-14-7-2-1-4-11(14)8-9-18(15)16(19)20/h1-7,10,15H,8-9H2,(H,19,20)/t15-/m0/s1. The molecule has 4 heteroatoms. The number of nitrogens with zero attached hydrogens (tertiary/aromatic N) is 1. The number of benzene rings is 2. The number of hydrogen-bond acceptors (Lipinski definition) is 1. The molecule has 1 aliphatic rings. The third kappa shape index (κ3) is 2.13. The molecule has 1 aliphatic heterocycles. The predicted molar refractivity (Wildman–Crippen MR) is 73.1 cm³/mol. The smallest absolute Gasteiger partial charge is 0.408 e. The molecule has 1 amide bonds. The van der Waals surface area contributed by atoms with Gasteiger partial charge < -0.3 is 5.11 Å². The first-order valence-electron chi connectivity index (χ1n) is 6.49. The van der Waals surface area contributed by atoms with E-state index in [1.54, 1.807) is 12.1 Å². The highest BCUT2D eigenvalue weighted by molar-refractivity contribution is 5.67. The van der Waals surface area contributed by atoms with Crippen LogP contribution in [0.2, 0.25) is 0 Å². The quantitative estimate of drug-likeness (QED) is 0.863. The molecule has 102 valence electrons. The van der Waals surface area contributed by atoms with Gasteiger partial charge in [-0.25, -0.2) is 9.18 Å². The topological polar surface area (TPSA) is 40.5 Å². The summed E-state index contributed by atoms with van der Waals surface area (Å²) in [7, 11) is 0. The fourth-order valence-corrected chi connectivity index (χ4v) is 2.81. The molecule has 0 saturated carbocycles. The third-order valence-electron chi connectivity index (χ3n) is 3.69. The monoisotopic (exact) mass is 271 g/mol. The van der Waals surface area contributed by atoms with E-state index in [1.807, 2.05) is 24.3 Å². The largest absolute Gasteiger partial charge is 0.465 e. The minimum absolute atomic E-state index is 0.351. The number of amides is 1. The van der Waals surface area contributed by atoms with Crippen molar-refractivity contribution in [1.82, 2.24) is 4.90 Å². The second kappa shape index (κ2) is 4.96. The van der Waals surface area contributed by atoms with Gasteiger partial charge in [-0.15, -0.1) is 0 Å². The molecule has 0 aromatic heterocycles. The van der Waals surface area contributed by atoms with Crippen molar-refractivity contribution in [2.24, 2.45) is 0 Å². The number of carboxylic acid groups (broad SMARTS) is 1. The molecule has 2 aromatic carbocycles. The molecule has 3 rings (SSSR count). The van der Waals surface area contributed by atoms with E-state index in [1.165, 1.54) is 17.0 Å². The van der Waals surface area contributed by atoms with E-state index in [-0.39, 0.29) is 5.82 Å². The number of halogens is 1. The number of fused-ring (bicyclic) bond motifs is 1. The summed E-state index contributed by atoms with van der Waals surface area (Å²) in [6.45, 7) is 0.424. The first-order valence-corrected chi connectivity index (χ1v) is 6.49. The van der Waals surface area contributed by atoms with Crippen LogP contribution >= 0.6 is 0 Å². The van der Waals surface area contributed by atoms with Crippen LogP contribution in [0.15, 0.2) is 48.5 Å². The molecule has 0 fully saturated rings. The normalized spacial score (nSPS) is 17.6. The molecule has 3 nitrogen and oxygen atoms in total. The van der Waals surface area contributed by atoms with E-state index in [0.29, 0.717) is 18.5 Å². The van der Waals surface area contributed by atoms with Gasteiger partial charge in [0.05, 0.1) is 6.04 Å². The minimum atomic E-state index is -0.978. The molecule has 1 atom stereocenters. The summed E-state index contributed by atoms with van der Waals surface area (Å²) >= 11 is 0. The summed E-state index contributed by atoms with van der Waals surface area (Å²) in [6, 6.07) is 13.5. The van der Waals surface area contributed by atoms with Crippen molar-refractivity contribution in [3.63, 3.8) is 0 Å². The summed E-state index contributed by atoms with van der Waals surface area (Å²) in [5, 5.41) is 9.40. The van der Waals surface area contributed by atoms with Crippen LogP contribution in [0.25, 0.3) is 0 Å². The molecule has 1 heterocycles. The Kier molecular flexibility index (Phi) is 3.14. The maximum atomic E-state index is 13.5. The Bertz CT molecular complexity index is 656. The maximum Gasteiger partial charge on any atom is 0.408 e. The van der Waals surface area contributed by atoms with Gasteiger partial charge in [0.25, 0.3) is 0 Å². The number of hydrogen-bond donors (Lipinski definition) is 1. The van der Waals surface area contributed by atoms with E-state index in [4.69, 9.17) is 0 Å². The Labute approximate surface area is 116 Å². The van der Waals surface area contributed by atoms with E-state index < -0.39 is 12.1 Å². The zero-order chi connectivity index (χ0) is 14.1. The lowest BCUT2D eigenvalue weighted by Crippen LogP contribution is -2.39. The third-order valence-corrected chi connectivity index (χ3v) is 3.69. The van der Waals surface area contributed by atoms with E-state index in [2.05, 4.69) is 0 Å². The maximum absolute atomic E-state index is 13.5. The Morgan fingerprint density at radius 3 is 2.75 bits per heavy atom. The molecule has 1 N–H and O–H groups in total. The lowest BCUT2D eigenvalue weighted by atomic mass is 9.88. The molecule has 0 aliphatic carbocycles. The average molecular weight is 271 g/mol. The van der Waals surface area contributed by atoms with Gasteiger partial charge in [-0.1, -0.05) is 36.4 Å². The average Bonchev–Trinajstić information content (AvgIpc) is 2.46. The molecule has 0 unspecified atom stereocenters. The van der Waals surface area contributed by atoms with Gasteiger partial charge in [0, 0.05) is 6.54 Å². The van der Waals surface area contributed by atoms with Gasteiger partial charge in [0.1, 0.15) is 5.82 Å². The zero-order valence-electron chi connectivity index (χ0n) is 10.8. The van der Waals surface area contributed by atoms with Crippen LogP contribution in [0.5, 0.6) is 0 Å². The van der Waals surface area contributed by atoms with Crippen LogP contribution in [0.1, 0.15) is 22.7 Å². The Morgan fingerprint density at radius 2 is 2.00 bits per heavy atom. The van der Waals surface area contributed by atoms with Crippen molar-refractivity contribution in [2.45, 2.75) is 12.5 Å². The predicted octanol–water partition coefficient (Wildman–Crippen LogP) is 3.45. The van der Waals surface area contributed by atoms with Crippen molar-refractivity contribution in [2.75, 3.05) is 6.54 Å². The highest BCUT2D eigenvalue weighted by Crippen LogP contribution is 2.35. The van der Waals surface area contributed by atoms with Crippen molar-refractivity contribution < 1.29 is 14.3 Å². The van der Waals surface area contributed by atoms with Crippen LogP contribution in [0, 0.1) is 5.82 Å². The van der Waals surface area contributed by atoms with Crippen molar-refractivity contribution >= 4 is 6.09 Å². The van der Waals surface area contributed by atoms with Gasteiger partial charge in [0.2, 0.25) is 0 Å². The molecule has 2 aromatic rings. The molecule has 0 radical (unpaired) electrons. The summed E-state index contributed by atoms with van der Waals surface area (Å²) in [5.41, 5.74) is 2.73. The minimum Gasteiger partial charge on any atom is -0.465 e. The second-order valence-corrected chi connectivity index (χ2v) is 4.88. The van der Waals surface area contributed by atoms with Gasteiger partial charge in [-0.05, 0) is 35.2 Å². The molecule has 0 bridgehead atoms. The zero-order valence-corrected chi connectivity index (χ0v) is 10.8. The number of rotatable bonds is 1. The summed E-state index contributed by atoms with van der Waals surface area (Å²) in [5.74, 6) is -0.351. The Hall–Kier alpha value is -2.36. The summed E-state index contributed by atoms with van der Waals surface area (Å²) < 4.78 is 13.5. The first-order chi connectivity index (χ1) is 9.66. The number of carbonyl (C=O) groups is 1. The van der Waals surface area contributed by atoms with Crippen LogP contribution in [-0.2, 0) is 6.42 Å². The lowest BCUT2D eigenvalue weighted by molar-refractivity contribution is 0.129. The van der Waals surface area contributed by atoms with Crippen molar-refractivity contribution in [3.05, 3.63) is 71.0 Å². The van der Waals surface area contributed by atoms with Crippen LogP contribution in [0.3, 0.4) is 0 Å². The van der Waals surface area contributed by atoms with Crippen LogP contribution < -0.4 is 0 Å². The highest BCUT2D eigenvalue weighted by Gasteiger charge is 2.31. The van der Waals surface area contributed by atoms with Crippen LogP contribution in [0.4, 0.5) is 9.18 Å². The lowest BCUT2D eigenvalue weighted by Gasteiger charge is -2.35. The Balaban J connectivity index is 2.14. The first kappa shape index (κ1) is 12.7. The fourth-order valence-electron chi connectivity index (χ4n) is 2.81. The van der Waals surface area contributed by atoms with Crippen molar-refractivity contribution in [3.8, 4) is 0 Å². The van der Waals surface area contributed by atoms with E-state index >= 15 is 0 Å². The Morgan fingerprint density at radius 1 is 1.20 bits per heavy atom. The SMILES string of the molecule is O=C(O)N1CCc2ccccc2[C@@H]1c1cccc(F)c1. The van der Waals surface area contributed by atoms with Gasteiger partial charge in [0.15, 0.2) is 0 Å². The second-order valence-electron chi connectivity index (χ2n) is 4.88. The van der Waals surface area contributed by atoms with Crippen molar-refractivity contribution in [1.29, 1.82) is 0 Å². The van der Waals surface area contributed by atoms with E-state index in [9.17, 15) is 14.3 Å². The fraction of sp³-hybridized carbons (Fsp3) is 0.188. The molecule has 0 saturated heterocycles. The molecular weight excluding hydrogens is 257 g/mol. The van der Waals surface area contributed by atoms with Gasteiger partial charge >= 0.3 is 6.09 Å². The molecular formula is C16H14FNO2. The van der Waals surface area contributed by atoms with Gasteiger partial charge in [-0.3, -0.25) is 4.90 Å². The summed E-state index contributed by atoms with van der Waals surface area (Å²) in [4.78, 5) is 12.8. The van der Waals surface area contributed by atoms with Crippen LogP contribution in [-0.4, -0.2) is 22.6 Å². The molecule has 0 spiro atoms. The van der Waals surface area contributed by atoms with Gasteiger partial charge in [-0.2, -0.15) is 0 Å². The highest BCUT2D eigenvalue weighted by atomic mass is 19.1. The van der Waals surface area contributed by atoms with E-state index in [0.717, 1.165) is 11.1 Å². The summed E-state index contributed by atoms with van der Waals surface area (Å²) in [6.07, 6.45) is -0.289.